The fourth-order valence-electron chi connectivity index (χ4n) is 1.96. The Hall–Kier alpha value is -1.22. The number of halogens is 1. The van der Waals surface area contributed by atoms with E-state index in [9.17, 15) is 9.18 Å². The number of carbonyl (C=O) groups excluding carboxylic acids is 1. The predicted octanol–water partition coefficient (Wildman–Crippen LogP) is 2.44. The molecule has 0 aliphatic heterocycles. The molecule has 1 aromatic rings. The summed E-state index contributed by atoms with van der Waals surface area (Å²) in [6.45, 7) is 1.75. The molecule has 0 amide bonds. The molecule has 2 rings (SSSR count). The number of Topliss-reactive ketones (excluding diaryl/α,β-unsaturated/α-hetero) is 1. The maximum Gasteiger partial charge on any atom is 0.164 e. The zero-order chi connectivity index (χ0) is 11.7. The third-order valence-electron chi connectivity index (χ3n) is 3.14. The van der Waals surface area contributed by atoms with Gasteiger partial charge in [0.25, 0.3) is 0 Å². The quantitative estimate of drug-likeness (QED) is 0.793. The zero-order valence-electron chi connectivity index (χ0n) is 9.37. The van der Waals surface area contributed by atoms with E-state index in [-0.39, 0.29) is 17.6 Å². The van der Waals surface area contributed by atoms with Crippen molar-refractivity contribution in [3.63, 3.8) is 0 Å². The van der Waals surface area contributed by atoms with Crippen molar-refractivity contribution in [3.8, 4) is 0 Å². The Morgan fingerprint density at radius 2 is 2.25 bits per heavy atom. The van der Waals surface area contributed by atoms with Crippen molar-refractivity contribution in [1.29, 1.82) is 0 Å². The van der Waals surface area contributed by atoms with Gasteiger partial charge in [0.15, 0.2) is 5.78 Å². The Morgan fingerprint density at radius 3 is 2.81 bits per heavy atom. The van der Waals surface area contributed by atoms with Gasteiger partial charge < -0.3 is 5.73 Å². The van der Waals surface area contributed by atoms with Gasteiger partial charge in [-0.1, -0.05) is 0 Å². The number of hydrogen-bond acceptors (Lipinski definition) is 2. The maximum atomic E-state index is 12.9. The molecule has 0 aromatic heterocycles. The van der Waals surface area contributed by atoms with Gasteiger partial charge in [0.2, 0.25) is 0 Å². The van der Waals surface area contributed by atoms with Gasteiger partial charge in [0.1, 0.15) is 5.82 Å². The molecule has 2 N–H and O–H groups in total. The molecular formula is C13H16FNO. The Bertz CT molecular complexity index is 412. The van der Waals surface area contributed by atoms with Crippen molar-refractivity contribution in [2.75, 3.05) is 0 Å². The number of carbonyl (C=O) groups is 1. The maximum absolute atomic E-state index is 12.9. The second-order valence-electron chi connectivity index (χ2n) is 4.59. The number of benzene rings is 1. The van der Waals surface area contributed by atoms with Gasteiger partial charge in [-0.15, -0.1) is 0 Å². The average molecular weight is 221 g/mol. The standard InChI is InChI=1S/C13H16FNO/c1-8-6-10(14)4-5-11(8)13(16)7-12(15)9-2-3-9/h4-6,9,12H,2-3,7,15H2,1H3. The smallest absolute Gasteiger partial charge is 0.164 e. The Labute approximate surface area is 94.6 Å². The minimum atomic E-state index is -0.305. The van der Waals surface area contributed by atoms with E-state index >= 15 is 0 Å². The highest BCUT2D eigenvalue weighted by atomic mass is 19.1. The summed E-state index contributed by atoms with van der Waals surface area (Å²) in [5, 5.41) is 0. The number of hydrogen-bond donors (Lipinski definition) is 1. The zero-order valence-corrected chi connectivity index (χ0v) is 9.37. The first kappa shape index (κ1) is 11.3. The molecule has 2 nitrogen and oxygen atoms in total. The molecule has 1 aliphatic rings. The van der Waals surface area contributed by atoms with Gasteiger partial charge in [0.05, 0.1) is 0 Å². The molecule has 0 saturated heterocycles. The SMILES string of the molecule is Cc1cc(F)ccc1C(=O)CC(N)C1CC1. The Balaban J connectivity index is 2.07. The summed E-state index contributed by atoms with van der Waals surface area (Å²) in [6.07, 6.45) is 2.64. The molecule has 0 bridgehead atoms. The van der Waals surface area contributed by atoms with E-state index in [1.54, 1.807) is 13.0 Å². The second-order valence-corrected chi connectivity index (χ2v) is 4.59. The van der Waals surface area contributed by atoms with Crippen LogP contribution in [-0.2, 0) is 0 Å². The monoisotopic (exact) mass is 221 g/mol. The van der Waals surface area contributed by atoms with Crippen molar-refractivity contribution in [3.05, 3.63) is 35.1 Å². The van der Waals surface area contributed by atoms with Crippen LogP contribution < -0.4 is 5.73 Å². The van der Waals surface area contributed by atoms with Crippen LogP contribution >= 0.6 is 0 Å². The highest BCUT2D eigenvalue weighted by molar-refractivity contribution is 5.97. The van der Waals surface area contributed by atoms with E-state index in [4.69, 9.17) is 5.73 Å². The Kier molecular flexibility index (Phi) is 3.06. The largest absolute Gasteiger partial charge is 0.327 e. The van der Waals surface area contributed by atoms with Gasteiger partial charge in [-0.25, -0.2) is 4.39 Å². The van der Waals surface area contributed by atoms with Gasteiger partial charge in [-0.3, -0.25) is 4.79 Å². The number of ketones is 1. The summed E-state index contributed by atoms with van der Waals surface area (Å²) < 4.78 is 12.9. The summed E-state index contributed by atoms with van der Waals surface area (Å²) in [4.78, 5) is 11.9. The van der Waals surface area contributed by atoms with Crippen molar-refractivity contribution >= 4 is 5.78 Å². The first-order chi connectivity index (χ1) is 7.58. The van der Waals surface area contributed by atoms with E-state index in [1.807, 2.05) is 0 Å². The van der Waals surface area contributed by atoms with E-state index in [2.05, 4.69) is 0 Å². The molecule has 1 fully saturated rings. The minimum absolute atomic E-state index is 0.0249. The van der Waals surface area contributed by atoms with Crippen LogP contribution in [0.15, 0.2) is 18.2 Å². The van der Waals surface area contributed by atoms with Crippen LogP contribution in [0.3, 0.4) is 0 Å². The topological polar surface area (TPSA) is 43.1 Å². The second kappa shape index (κ2) is 4.34. The van der Waals surface area contributed by atoms with Gasteiger partial charge in [-0.05, 0) is 49.4 Å². The van der Waals surface area contributed by atoms with E-state index in [0.717, 1.165) is 12.8 Å². The summed E-state index contributed by atoms with van der Waals surface area (Å²) in [7, 11) is 0. The molecule has 0 spiro atoms. The van der Waals surface area contributed by atoms with Crippen molar-refractivity contribution in [2.24, 2.45) is 11.7 Å². The predicted molar refractivity (Wildman–Crippen MR) is 60.8 cm³/mol. The van der Waals surface area contributed by atoms with Crippen LogP contribution in [0.1, 0.15) is 35.2 Å². The van der Waals surface area contributed by atoms with Crippen LogP contribution in [0.2, 0.25) is 0 Å². The summed E-state index contributed by atoms with van der Waals surface area (Å²) in [5.74, 6) is 0.238. The van der Waals surface area contributed by atoms with Gasteiger partial charge >= 0.3 is 0 Å². The first-order valence-electron chi connectivity index (χ1n) is 5.63. The van der Waals surface area contributed by atoms with Gasteiger partial charge in [-0.2, -0.15) is 0 Å². The third-order valence-corrected chi connectivity index (χ3v) is 3.14. The van der Waals surface area contributed by atoms with E-state index in [0.29, 0.717) is 23.5 Å². The molecule has 86 valence electrons. The van der Waals surface area contributed by atoms with Gasteiger partial charge in [0, 0.05) is 18.0 Å². The lowest BCUT2D eigenvalue weighted by Crippen LogP contribution is -2.26. The number of aryl methyl sites for hydroxylation is 1. The minimum Gasteiger partial charge on any atom is -0.327 e. The summed E-state index contributed by atoms with van der Waals surface area (Å²) in [5.41, 5.74) is 7.19. The lowest BCUT2D eigenvalue weighted by atomic mass is 9.98. The highest BCUT2D eigenvalue weighted by Crippen LogP contribution is 2.33. The van der Waals surface area contributed by atoms with Crippen LogP contribution in [0.25, 0.3) is 0 Å². The third kappa shape index (κ3) is 2.47. The molecule has 1 atom stereocenters. The number of nitrogens with two attached hydrogens (primary N) is 1. The molecule has 1 unspecified atom stereocenters. The number of rotatable bonds is 4. The fourth-order valence-corrected chi connectivity index (χ4v) is 1.96. The summed E-state index contributed by atoms with van der Waals surface area (Å²) >= 11 is 0. The molecule has 16 heavy (non-hydrogen) atoms. The van der Waals surface area contributed by atoms with E-state index in [1.165, 1.54) is 12.1 Å². The molecule has 0 heterocycles. The van der Waals surface area contributed by atoms with E-state index < -0.39 is 0 Å². The van der Waals surface area contributed by atoms with Crippen LogP contribution in [0.5, 0.6) is 0 Å². The fraction of sp³-hybridized carbons (Fsp3) is 0.462. The van der Waals surface area contributed by atoms with Crippen LogP contribution in [0.4, 0.5) is 4.39 Å². The molecule has 1 aromatic carbocycles. The molecular weight excluding hydrogens is 205 g/mol. The lowest BCUT2D eigenvalue weighted by Gasteiger charge is -2.10. The normalized spacial score (nSPS) is 17.2. The van der Waals surface area contributed by atoms with Crippen molar-refractivity contribution < 1.29 is 9.18 Å². The molecule has 1 saturated carbocycles. The summed E-state index contributed by atoms with van der Waals surface area (Å²) in [6, 6.07) is 4.22. The average Bonchev–Trinajstić information content (AvgIpc) is 2.99. The lowest BCUT2D eigenvalue weighted by molar-refractivity contribution is 0.0971. The van der Waals surface area contributed by atoms with Crippen LogP contribution in [0, 0.1) is 18.7 Å². The Morgan fingerprint density at radius 1 is 1.56 bits per heavy atom. The molecule has 0 radical (unpaired) electrons. The van der Waals surface area contributed by atoms with Crippen LogP contribution in [-0.4, -0.2) is 11.8 Å². The highest BCUT2D eigenvalue weighted by Gasteiger charge is 2.30. The van der Waals surface area contributed by atoms with Crippen molar-refractivity contribution in [2.45, 2.75) is 32.2 Å². The molecule has 1 aliphatic carbocycles. The molecule has 3 heteroatoms. The first-order valence-corrected chi connectivity index (χ1v) is 5.63. The van der Waals surface area contributed by atoms with Crippen molar-refractivity contribution in [1.82, 2.24) is 0 Å².